The van der Waals surface area contributed by atoms with Gasteiger partial charge in [-0.1, -0.05) is 82.2 Å². The third kappa shape index (κ3) is 3.85. The number of hydrogen-bond donors (Lipinski definition) is 0. The normalized spacial score (nSPS) is 23.8. The molecule has 2 saturated heterocycles. The van der Waals surface area contributed by atoms with Gasteiger partial charge in [-0.15, -0.1) is 0 Å². The zero-order valence-electron chi connectivity index (χ0n) is 20.5. The lowest BCUT2D eigenvalue weighted by Gasteiger charge is -2.32. The molecule has 3 aliphatic rings. The van der Waals surface area contributed by atoms with Gasteiger partial charge in [0.15, 0.2) is 11.6 Å². The van der Waals surface area contributed by atoms with Gasteiger partial charge in [0.25, 0.3) is 0 Å². The minimum atomic E-state index is -0.878. The number of carbonyl (C=O) groups is 4. The molecule has 38 heavy (non-hydrogen) atoms. The van der Waals surface area contributed by atoms with Crippen LogP contribution < -0.4 is 4.90 Å². The maximum Gasteiger partial charge on any atom is 0.240 e. The summed E-state index contributed by atoms with van der Waals surface area (Å²) in [4.78, 5) is 57.8. The Bertz CT molecular complexity index is 1530. The van der Waals surface area contributed by atoms with E-state index in [-0.39, 0.29) is 17.5 Å². The molecule has 188 valence electrons. The highest BCUT2D eigenvalue weighted by molar-refractivity contribution is 9.10. The molecule has 3 aliphatic heterocycles. The molecule has 3 aromatic carbocycles. The lowest BCUT2D eigenvalue weighted by atomic mass is 9.85. The first-order valence-corrected chi connectivity index (χ1v) is 13.2. The van der Waals surface area contributed by atoms with Crippen molar-refractivity contribution in [2.45, 2.75) is 19.0 Å². The van der Waals surface area contributed by atoms with Crippen LogP contribution in [0.1, 0.15) is 26.3 Å². The van der Waals surface area contributed by atoms with Gasteiger partial charge in [0.1, 0.15) is 6.04 Å². The predicted molar refractivity (Wildman–Crippen MR) is 147 cm³/mol. The fourth-order valence-electron chi connectivity index (χ4n) is 5.69. The van der Waals surface area contributed by atoms with Crippen molar-refractivity contribution in [2.75, 3.05) is 4.90 Å². The molecule has 0 N–H and O–H groups in total. The van der Waals surface area contributed by atoms with Crippen molar-refractivity contribution in [3.8, 4) is 0 Å². The number of allylic oxidation sites excluding steroid dienone is 2. The third-order valence-electron chi connectivity index (χ3n) is 7.54. The fraction of sp³-hybridized carbons (Fsp3) is 0.161. The Balaban J connectivity index is 1.43. The summed E-state index contributed by atoms with van der Waals surface area (Å²) in [7, 11) is 0. The first-order valence-electron chi connectivity index (χ1n) is 12.4. The van der Waals surface area contributed by atoms with E-state index >= 15 is 0 Å². The van der Waals surface area contributed by atoms with Crippen LogP contribution in [0.2, 0.25) is 0 Å². The van der Waals surface area contributed by atoms with Crippen molar-refractivity contribution < 1.29 is 19.2 Å². The van der Waals surface area contributed by atoms with Crippen LogP contribution >= 0.6 is 15.9 Å². The summed E-state index contributed by atoms with van der Waals surface area (Å²) in [6, 6.07) is 21.6. The number of nitrogens with zero attached hydrogens (tertiary/aromatic N) is 2. The quantitative estimate of drug-likeness (QED) is 0.316. The topological polar surface area (TPSA) is 74.8 Å². The smallest absolute Gasteiger partial charge is 0.240 e. The van der Waals surface area contributed by atoms with Gasteiger partial charge in [0, 0.05) is 27.4 Å². The Labute approximate surface area is 228 Å². The molecule has 0 bridgehead atoms. The first-order chi connectivity index (χ1) is 18.3. The zero-order valence-corrected chi connectivity index (χ0v) is 22.0. The number of anilines is 1. The minimum absolute atomic E-state index is 0.173. The summed E-state index contributed by atoms with van der Waals surface area (Å²) in [5, 5.41) is 0. The highest BCUT2D eigenvalue weighted by atomic mass is 79.9. The SMILES string of the molecule is Cc1ccc(N2C(=O)[C@@H]3[C@@H](C2=O)[C@@H](C(=O)c2ccc(Br)cc2)N2C=CC(C(=O)c4ccccc4)=C[C@H]32)cc1. The van der Waals surface area contributed by atoms with Gasteiger partial charge >= 0.3 is 0 Å². The van der Waals surface area contributed by atoms with Crippen molar-refractivity contribution >= 4 is 45.0 Å². The second kappa shape index (κ2) is 9.33. The van der Waals surface area contributed by atoms with Gasteiger partial charge in [-0.05, 0) is 37.3 Å². The van der Waals surface area contributed by atoms with Crippen LogP contribution in [0.4, 0.5) is 5.69 Å². The van der Waals surface area contributed by atoms with Crippen molar-refractivity contribution in [1.29, 1.82) is 0 Å². The van der Waals surface area contributed by atoms with Crippen LogP contribution in [0.15, 0.2) is 107 Å². The molecule has 6 rings (SSSR count). The van der Waals surface area contributed by atoms with E-state index in [1.165, 1.54) is 4.90 Å². The van der Waals surface area contributed by atoms with Gasteiger partial charge in [-0.25, -0.2) is 4.90 Å². The van der Waals surface area contributed by atoms with Crippen LogP contribution in [-0.2, 0) is 9.59 Å². The summed E-state index contributed by atoms with van der Waals surface area (Å²) in [6.07, 6.45) is 5.10. The van der Waals surface area contributed by atoms with E-state index < -0.39 is 29.8 Å². The Morgan fingerprint density at radius 1 is 0.789 bits per heavy atom. The largest absolute Gasteiger partial charge is 0.359 e. The second-order valence-corrected chi connectivity index (χ2v) is 10.7. The molecule has 6 nitrogen and oxygen atoms in total. The Kier molecular flexibility index (Phi) is 5.95. The van der Waals surface area contributed by atoms with Gasteiger partial charge < -0.3 is 4.90 Å². The first kappa shape index (κ1) is 24.2. The number of hydrogen-bond acceptors (Lipinski definition) is 5. The molecule has 2 fully saturated rings. The number of ketones is 2. The Hall–Kier alpha value is -4.10. The van der Waals surface area contributed by atoms with Crippen LogP contribution in [0.25, 0.3) is 0 Å². The lowest BCUT2D eigenvalue weighted by molar-refractivity contribution is -0.123. The summed E-state index contributed by atoms with van der Waals surface area (Å²) in [6.45, 7) is 1.93. The molecule has 0 unspecified atom stereocenters. The molecular weight excluding hydrogens is 544 g/mol. The number of carbonyl (C=O) groups excluding carboxylic acids is 4. The average Bonchev–Trinajstić information content (AvgIpc) is 3.41. The van der Waals surface area contributed by atoms with Gasteiger partial charge in [0.05, 0.1) is 23.6 Å². The molecule has 7 heteroatoms. The van der Waals surface area contributed by atoms with E-state index in [1.54, 1.807) is 83.9 Å². The molecule has 4 atom stereocenters. The molecular formula is C31H23BrN2O4. The maximum atomic E-state index is 13.9. The summed E-state index contributed by atoms with van der Waals surface area (Å²) >= 11 is 3.40. The average molecular weight is 567 g/mol. The summed E-state index contributed by atoms with van der Waals surface area (Å²) in [5.74, 6) is -2.84. The summed E-state index contributed by atoms with van der Waals surface area (Å²) < 4.78 is 0.832. The monoisotopic (exact) mass is 566 g/mol. The number of aryl methyl sites for hydroxylation is 1. The van der Waals surface area contributed by atoms with Crippen molar-refractivity contribution in [3.63, 3.8) is 0 Å². The Morgan fingerprint density at radius 2 is 1.45 bits per heavy atom. The molecule has 3 heterocycles. The molecule has 0 spiro atoms. The highest BCUT2D eigenvalue weighted by Gasteiger charge is 2.63. The van der Waals surface area contributed by atoms with E-state index in [0.29, 0.717) is 22.4 Å². The van der Waals surface area contributed by atoms with Gasteiger partial charge in [-0.2, -0.15) is 0 Å². The van der Waals surface area contributed by atoms with Crippen LogP contribution in [0, 0.1) is 18.8 Å². The van der Waals surface area contributed by atoms with Crippen LogP contribution in [0.3, 0.4) is 0 Å². The number of Topliss-reactive ketones (excluding diaryl/α,β-unsaturated/α-hetero) is 2. The molecule has 2 amide bonds. The zero-order chi connectivity index (χ0) is 26.6. The van der Waals surface area contributed by atoms with E-state index in [1.807, 2.05) is 25.1 Å². The summed E-state index contributed by atoms with van der Waals surface area (Å²) in [5.41, 5.74) is 2.91. The van der Waals surface area contributed by atoms with E-state index in [2.05, 4.69) is 15.9 Å². The van der Waals surface area contributed by atoms with Crippen molar-refractivity contribution in [1.82, 2.24) is 4.90 Å². The molecule has 3 aromatic rings. The van der Waals surface area contributed by atoms with Crippen LogP contribution in [-0.4, -0.2) is 40.4 Å². The van der Waals surface area contributed by atoms with Crippen LogP contribution in [0.5, 0.6) is 0 Å². The second-order valence-electron chi connectivity index (χ2n) is 9.79. The van der Waals surface area contributed by atoms with Crippen molar-refractivity contribution in [3.05, 3.63) is 124 Å². The standard InChI is InChI=1S/C31H23BrN2O4/c1-18-7-13-23(14-8-18)34-30(37)25-24-17-21(28(35)19-5-3-2-4-6-19)15-16-33(24)27(26(25)31(34)38)29(36)20-9-11-22(32)12-10-20/h2-17,24-27H,1H3/t24-,25+,26-,27+/m1/s1. The van der Waals surface area contributed by atoms with Gasteiger partial charge in [0.2, 0.25) is 11.8 Å². The highest BCUT2D eigenvalue weighted by Crippen LogP contribution is 2.47. The number of imide groups is 1. The van der Waals surface area contributed by atoms with E-state index in [4.69, 9.17) is 0 Å². The molecule has 0 saturated carbocycles. The third-order valence-corrected chi connectivity index (χ3v) is 8.06. The maximum absolute atomic E-state index is 13.9. The van der Waals surface area contributed by atoms with E-state index in [9.17, 15) is 19.2 Å². The number of halogens is 1. The van der Waals surface area contributed by atoms with E-state index in [0.717, 1.165) is 10.0 Å². The molecule has 0 radical (unpaired) electrons. The minimum Gasteiger partial charge on any atom is -0.359 e. The number of fused-ring (bicyclic) bond motifs is 3. The van der Waals surface area contributed by atoms with Gasteiger partial charge in [-0.3, -0.25) is 19.2 Å². The Morgan fingerprint density at radius 3 is 2.13 bits per heavy atom. The number of amides is 2. The number of rotatable bonds is 5. The number of benzene rings is 3. The molecule has 0 aliphatic carbocycles. The fourth-order valence-corrected chi connectivity index (χ4v) is 5.95. The van der Waals surface area contributed by atoms with Crippen molar-refractivity contribution in [2.24, 2.45) is 11.8 Å². The lowest BCUT2D eigenvalue weighted by Crippen LogP contribution is -2.46. The predicted octanol–water partition coefficient (Wildman–Crippen LogP) is 5.14. The molecule has 0 aromatic heterocycles.